The van der Waals surface area contributed by atoms with E-state index in [1.807, 2.05) is 0 Å². The third-order valence-electron chi connectivity index (χ3n) is 3.73. The van der Waals surface area contributed by atoms with Crippen molar-refractivity contribution in [2.75, 3.05) is 25.5 Å². The van der Waals surface area contributed by atoms with Gasteiger partial charge in [0.15, 0.2) is 6.61 Å². The molecule has 2 aromatic carbocycles. The molecular weight excluding hydrogens is 432 g/mol. The Labute approximate surface area is 169 Å². The first-order chi connectivity index (χ1) is 13.9. The first kappa shape index (κ1) is 23.3. The van der Waals surface area contributed by atoms with Crippen LogP contribution in [0.2, 0.25) is 0 Å². The van der Waals surface area contributed by atoms with Crippen LogP contribution in [0.25, 0.3) is 0 Å². The Hall–Kier alpha value is -2.99. The predicted octanol–water partition coefficient (Wildman–Crippen LogP) is 2.65. The summed E-state index contributed by atoms with van der Waals surface area (Å²) in [5.41, 5.74) is -0.836. The second kappa shape index (κ2) is 9.22. The van der Waals surface area contributed by atoms with Gasteiger partial charge in [0.05, 0.1) is 10.5 Å². The van der Waals surface area contributed by atoms with Gasteiger partial charge in [0.1, 0.15) is 12.4 Å². The summed E-state index contributed by atoms with van der Waals surface area (Å²) >= 11 is 0. The van der Waals surface area contributed by atoms with Crippen molar-refractivity contribution < 1.29 is 40.3 Å². The molecule has 0 heterocycles. The summed E-state index contributed by atoms with van der Waals surface area (Å²) < 4.78 is 80.3. The van der Waals surface area contributed by atoms with Gasteiger partial charge in [-0.2, -0.15) is 17.5 Å². The summed E-state index contributed by atoms with van der Waals surface area (Å²) in [6.07, 6.45) is -4.52. The zero-order valence-corrected chi connectivity index (χ0v) is 16.3. The standard InChI is InChI=1S/C18H16F4N2O5S/c1-24(30(27,28)15-8-4-13(19)5-9-15)10-17(26)29-11-16(25)23-14-6-2-12(3-7-14)18(20,21)22/h2-9H,10-11H2,1H3,(H,23,25). The molecule has 0 atom stereocenters. The number of nitrogens with zero attached hydrogens (tertiary/aromatic N) is 1. The molecule has 0 radical (unpaired) electrons. The number of halogens is 4. The van der Waals surface area contributed by atoms with Crippen molar-refractivity contribution in [3.8, 4) is 0 Å². The van der Waals surface area contributed by atoms with Crippen molar-refractivity contribution in [3.05, 3.63) is 59.9 Å². The lowest BCUT2D eigenvalue weighted by molar-refractivity contribution is -0.147. The summed E-state index contributed by atoms with van der Waals surface area (Å²) in [7, 11) is -2.98. The lowest BCUT2D eigenvalue weighted by Crippen LogP contribution is -2.34. The predicted molar refractivity (Wildman–Crippen MR) is 97.2 cm³/mol. The van der Waals surface area contributed by atoms with Crippen LogP contribution in [0, 0.1) is 5.82 Å². The molecular formula is C18H16F4N2O5S. The summed E-state index contributed by atoms with van der Waals surface area (Å²) in [6.45, 7) is -1.49. The Morgan fingerprint density at radius 3 is 2.13 bits per heavy atom. The normalized spacial score (nSPS) is 11.9. The average Bonchev–Trinajstić information content (AvgIpc) is 2.66. The zero-order chi connectivity index (χ0) is 22.5. The van der Waals surface area contributed by atoms with E-state index in [9.17, 15) is 35.6 Å². The fraction of sp³-hybridized carbons (Fsp3) is 0.222. The van der Waals surface area contributed by atoms with E-state index in [4.69, 9.17) is 0 Å². The van der Waals surface area contributed by atoms with E-state index in [0.717, 1.165) is 55.6 Å². The molecule has 7 nitrogen and oxygen atoms in total. The molecule has 0 fully saturated rings. The molecule has 0 saturated carbocycles. The summed E-state index contributed by atoms with van der Waals surface area (Å²) in [5.74, 6) is -2.49. The van der Waals surface area contributed by atoms with Crippen LogP contribution < -0.4 is 5.32 Å². The van der Waals surface area contributed by atoms with E-state index < -0.39 is 52.6 Å². The highest BCUT2D eigenvalue weighted by atomic mass is 32.2. The lowest BCUT2D eigenvalue weighted by Gasteiger charge is -2.16. The Balaban J connectivity index is 1.86. The Morgan fingerprint density at radius 1 is 1.03 bits per heavy atom. The molecule has 1 amide bonds. The van der Waals surface area contributed by atoms with Gasteiger partial charge in [0, 0.05) is 12.7 Å². The van der Waals surface area contributed by atoms with Gasteiger partial charge < -0.3 is 10.1 Å². The number of hydrogen-bond donors (Lipinski definition) is 1. The molecule has 1 N–H and O–H groups in total. The third-order valence-corrected chi connectivity index (χ3v) is 5.55. The monoisotopic (exact) mass is 448 g/mol. The van der Waals surface area contributed by atoms with Gasteiger partial charge in [0.25, 0.3) is 5.91 Å². The Bertz CT molecular complexity index is 1010. The van der Waals surface area contributed by atoms with Gasteiger partial charge >= 0.3 is 12.1 Å². The van der Waals surface area contributed by atoms with Crippen molar-refractivity contribution >= 4 is 27.6 Å². The maximum Gasteiger partial charge on any atom is 0.416 e. The highest BCUT2D eigenvalue weighted by Gasteiger charge is 2.30. The van der Waals surface area contributed by atoms with Gasteiger partial charge in [-0.25, -0.2) is 12.8 Å². The highest BCUT2D eigenvalue weighted by Crippen LogP contribution is 2.29. The number of rotatable bonds is 7. The molecule has 0 aliphatic heterocycles. The second-order valence-corrected chi connectivity index (χ2v) is 8.04. The van der Waals surface area contributed by atoms with Gasteiger partial charge in [-0.3, -0.25) is 9.59 Å². The molecule has 0 aliphatic rings. The molecule has 162 valence electrons. The molecule has 0 aromatic heterocycles. The summed E-state index contributed by atoms with van der Waals surface area (Å²) in [6, 6.07) is 7.58. The molecule has 0 saturated heterocycles. The molecule has 2 rings (SSSR count). The molecule has 0 bridgehead atoms. The number of esters is 1. The van der Waals surface area contributed by atoms with Crippen LogP contribution in [0.5, 0.6) is 0 Å². The van der Waals surface area contributed by atoms with Gasteiger partial charge in [-0.05, 0) is 48.5 Å². The van der Waals surface area contributed by atoms with Crippen molar-refractivity contribution in [1.29, 1.82) is 0 Å². The summed E-state index contributed by atoms with van der Waals surface area (Å²) in [4.78, 5) is 23.3. The van der Waals surface area contributed by atoms with Crippen molar-refractivity contribution in [3.63, 3.8) is 0 Å². The number of benzene rings is 2. The molecule has 2 aromatic rings. The minimum Gasteiger partial charge on any atom is -0.455 e. The maximum absolute atomic E-state index is 12.9. The minimum absolute atomic E-state index is 0.0556. The first-order valence-corrected chi connectivity index (χ1v) is 9.68. The van der Waals surface area contributed by atoms with E-state index in [2.05, 4.69) is 10.1 Å². The van der Waals surface area contributed by atoms with Crippen LogP contribution in [0.15, 0.2) is 53.4 Å². The number of likely N-dealkylation sites (N-methyl/N-ethyl adjacent to an activating group) is 1. The number of hydrogen-bond acceptors (Lipinski definition) is 5. The maximum atomic E-state index is 12.9. The second-order valence-electron chi connectivity index (χ2n) is 6.00. The van der Waals surface area contributed by atoms with Gasteiger partial charge in [0.2, 0.25) is 10.0 Å². The minimum atomic E-state index is -4.52. The number of ether oxygens (including phenoxy) is 1. The highest BCUT2D eigenvalue weighted by molar-refractivity contribution is 7.89. The zero-order valence-electron chi connectivity index (χ0n) is 15.4. The molecule has 30 heavy (non-hydrogen) atoms. The number of carbonyl (C=O) groups excluding carboxylic acids is 2. The largest absolute Gasteiger partial charge is 0.455 e. The number of sulfonamides is 1. The van der Waals surface area contributed by atoms with E-state index in [0.29, 0.717) is 4.31 Å². The van der Waals surface area contributed by atoms with Crippen LogP contribution in [0.4, 0.5) is 23.2 Å². The summed E-state index contributed by atoms with van der Waals surface area (Å²) in [5, 5.41) is 2.24. The average molecular weight is 448 g/mol. The molecule has 12 heteroatoms. The van der Waals surface area contributed by atoms with Crippen LogP contribution in [-0.4, -0.2) is 44.8 Å². The Morgan fingerprint density at radius 2 is 1.60 bits per heavy atom. The number of amides is 1. The smallest absolute Gasteiger partial charge is 0.416 e. The fourth-order valence-corrected chi connectivity index (χ4v) is 3.30. The van der Waals surface area contributed by atoms with Gasteiger partial charge in [-0.1, -0.05) is 0 Å². The Kier molecular flexibility index (Phi) is 7.16. The van der Waals surface area contributed by atoms with Gasteiger partial charge in [-0.15, -0.1) is 0 Å². The lowest BCUT2D eigenvalue weighted by atomic mass is 10.2. The number of carbonyl (C=O) groups is 2. The van der Waals surface area contributed by atoms with E-state index >= 15 is 0 Å². The van der Waals surface area contributed by atoms with Crippen molar-refractivity contribution in [2.45, 2.75) is 11.1 Å². The van der Waals surface area contributed by atoms with Crippen LogP contribution in [-0.2, 0) is 30.5 Å². The first-order valence-electron chi connectivity index (χ1n) is 8.24. The van der Waals surface area contributed by atoms with Crippen LogP contribution in [0.3, 0.4) is 0 Å². The van der Waals surface area contributed by atoms with Crippen molar-refractivity contribution in [1.82, 2.24) is 4.31 Å². The van der Waals surface area contributed by atoms with E-state index in [1.165, 1.54) is 0 Å². The SMILES string of the molecule is CN(CC(=O)OCC(=O)Nc1ccc(C(F)(F)F)cc1)S(=O)(=O)c1ccc(F)cc1. The molecule has 0 spiro atoms. The molecule has 0 unspecified atom stereocenters. The van der Waals surface area contributed by atoms with Crippen molar-refractivity contribution in [2.24, 2.45) is 0 Å². The number of nitrogens with one attached hydrogen (secondary N) is 1. The number of anilines is 1. The van der Waals surface area contributed by atoms with Crippen LogP contribution in [0.1, 0.15) is 5.56 Å². The van der Waals surface area contributed by atoms with Crippen LogP contribution >= 0.6 is 0 Å². The quantitative estimate of drug-likeness (QED) is 0.519. The van der Waals surface area contributed by atoms with E-state index in [-0.39, 0.29) is 10.6 Å². The number of alkyl halides is 3. The third kappa shape index (κ3) is 6.26. The molecule has 0 aliphatic carbocycles. The van der Waals surface area contributed by atoms with E-state index in [1.54, 1.807) is 0 Å². The fourth-order valence-electron chi connectivity index (χ4n) is 2.18. The topological polar surface area (TPSA) is 92.8 Å².